The van der Waals surface area contributed by atoms with Crippen molar-refractivity contribution in [3.8, 4) is 11.3 Å². The quantitative estimate of drug-likeness (QED) is 0.753. The van der Waals surface area contributed by atoms with Gasteiger partial charge in [0.15, 0.2) is 0 Å². The normalized spacial score (nSPS) is 11.1. The summed E-state index contributed by atoms with van der Waals surface area (Å²) in [7, 11) is 0. The summed E-state index contributed by atoms with van der Waals surface area (Å²) in [6, 6.07) is 6.86. The third-order valence-corrected chi connectivity index (χ3v) is 2.54. The Morgan fingerprint density at radius 3 is 2.62 bits per heavy atom. The van der Waals surface area contributed by atoms with Crippen molar-refractivity contribution in [2.75, 3.05) is 0 Å². The topological polar surface area (TPSA) is 17.8 Å². The van der Waals surface area contributed by atoms with Gasteiger partial charge in [0, 0.05) is 17.8 Å². The average Bonchev–Trinajstić information content (AvgIpc) is 2.60. The molecule has 3 heteroatoms. The molecule has 2 rings (SSSR count). The van der Waals surface area contributed by atoms with Gasteiger partial charge >= 0.3 is 0 Å². The highest BCUT2D eigenvalue weighted by Crippen LogP contribution is 2.23. The Labute approximate surface area is 94.7 Å². The fraction of sp³-hybridized carbons (Fsp3) is 0.308. The molecule has 2 aromatic rings. The molecule has 0 atom stereocenters. The molecule has 1 heterocycles. The highest BCUT2D eigenvalue weighted by Gasteiger charge is 2.09. The summed E-state index contributed by atoms with van der Waals surface area (Å²) < 4.78 is 15.0. The van der Waals surface area contributed by atoms with Gasteiger partial charge in [0.25, 0.3) is 0 Å². The van der Waals surface area contributed by atoms with Crippen LogP contribution in [-0.4, -0.2) is 9.78 Å². The van der Waals surface area contributed by atoms with Gasteiger partial charge in [-0.25, -0.2) is 4.39 Å². The second-order valence-electron chi connectivity index (χ2n) is 4.24. The zero-order valence-corrected chi connectivity index (χ0v) is 9.74. The molecule has 0 N–H and O–H groups in total. The first-order chi connectivity index (χ1) is 7.58. The van der Waals surface area contributed by atoms with E-state index in [0.29, 0.717) is 6.04 Å². The van der Waals surface area contributed by atoms with Crippen LogP contribution in [0.1, 0.15) is 25.5 Å². The third-order valence-electron chi connectivity index (χ3n) is 2.54. The van der Waals surface area contributed by atoms with Crippen LogP contribution in [0.25, 0.3) is 11.3 Å². The Kier molecular flexibility index (Phi) is 2.77. The maximum absolute atomic E-state index is 13.1. The maximum Gasteiger partial charge on any atom is 0.123 e. The Bertz CT molecular complexity index is 500. The number of hydrogen-bond acceptors (Lipinski definition) is 1. The van der Waals surface area contributed by atoms with E-state index in [1.165, 1.54) is 12.1 Å². The van der Waals surface area contributed by atoms with Crippen molar-refractivity contribution >= 4 is 0 Å². The predicted octanol–water partition coefficient (Wildman–Crippen LogP) is 3.58. The van der Waals surface area contributed by atoms with E-state index in [4.69, 9.17) is 0 Å². The van der Waals surface area contributed by atoms with E-state index < -0.39 is 0 Å². The number of rotatable bonds is 2. The molecule has 1 aromatic carbocycles. The smallest absolute Gasteiger partial charge is 0.123 e. The van der Waals surface area contributed by atoms with Crippen LogP contribution in [0, 0.1) is 12.7 Å². The van der Waals surface area contributed by atoms with E-state index >= 15 is 0 Å². The summed E-state index contributed by atoms with van der Waals surface area (Å²) in [6.07, 6.45) is 1.99. The Hall–Kier alpha value is -1.64. The standard InChI is InChI=1S/C13H15FN2/c1-9(2)16-8-10(3)13(15-16)11-5-4-6-12(14)7-11/h4-9H,1-3H3. The first-order valence-corrected chi connectivity index (χ1v) is 5.39. The summed E-state index contributed by atoms with van der Waals surface area (Å²) in [6.45, 7) is 6.13. The van der Waals surface area contributed by atoms with E-state index in [-0.39, 0.29) is 5.82 Å². The van der Waals surface area contributed by atoms with Gasteiger partial charge in [0.2, 0.25) is 0 Å². The van der Waals surface area contributed by atoms with Gasteiger partial charge in [-0.05, 0) is 38.5 Å². The molecule has 0 aliphatic carbocycles. The molecule has 2 nitrogen and oxygen atoms in total. The van der Waals surface area contributed by atoms with Crippen LogP contribution in [0.5, 0.6) is 0 Å². The van der Waals surface area contributed by atoms with Crippen LogP contribution in [-0.2, 0) is 0 Å². The van der Waals surface area contributed by atoms with Gasteiger partial charge in [-0.3, -0.25) is 4.68 Å². The van der Waals surface area contributed by atoms with Crippen molar-refractivity contribution in [1.29, 1.82) is 0 Å². The van der Waals surface area contributed by atoms with Gasteiger partial charge in [0.1, 0.15) is 5.82 Å². The predicted molar refractivity (Wildman–Crippen MR) is 62.7 cm³/mol. The first kappa shape index (κ1) is 10.9. The Morgan fingerprint density at radius 1 is 1.31 bits per heavy atom. The van der Waals surface area contributed by atoms with Crippen molar-refractivity contribution < 1.29 is 4.39 Å². The largest absolute Gasteiger partial charge is 0.269 e. The van der Waals surface area contributed by atoms with Gasteiger partial charge in [0.05, 0.1) is 5.69 Å². The number of halogens is 1. The van der Waals surface area contributed by atoms with Crippen LogP contribution < -0.4 is 0 Å². The van der Waals surface area contributed by atoms with Crippen LogP contribution in [0.4, 0.5) is 4.39 Å². The van der Waals surface area contributed by atoms with Crippen molar-refractivity contribution in [1.82, 2.24) is 9.78 Å². The number of aromatic nitrogens is 2. The molecule has 1 aromatic heterocycles. The minimum Gasteiger partial charge on any atom is -0.269 e. The van der Waals surface area contributed by atoms with Gasteiger partial charge in [-0.15, -0.1) is 0 Å². The molecule has 0 aliphatic heterocycles. The molecule has 0 amide bonds. The molecule has 0 saturated carbocycles. The molecule has 16 heavy (non-hydrogen) atoms. The number of hydrogen-bond donors (Lipinski definition) is 0. The van der Waals surface area contributed by atoms with Crippen LogP contribution in [0.15, 0.2) is 30.5 Å². The van der Waals surface area contributed by atoms with Crippen molar-refractivity contribution in [3.05, 3.63) is 41.8 Å². The summed E-state index contributed by atoms with van der Waals surface area (Å²) in [5, 5.41) is 4.47. The zero-order chi connectivity index (χ0) is 11.7. The van der Waals surface area contributed by atoms with E-state index in [2.05, 4.69) is 18.9 Å². The minimum atomic E-state index is -0.226. The molecule has 0 aliphatic rings. The van der Waals surface area contributed by atoms with Crippen LogP contribution in [0.2, 0.25) is 0 Å². The minimum absolute atomic E-state index is 0.226. The molecule has 0 saturated heterocycles. The Balaban J connectivity index is 2.48. The lowest BCUT2D eigenvalue weighted by molar-refractivity contribution is 0.533. The molecule has 0 unspecified atom stereocenters. The zero-order valence-electron chi connectivity index (χ0n) is 9.74. The molecular weight excluding hydrogens is 203 g/mol. The van der Waals surface area contributed by atoms with Crippen LogP contribution >= 0.6 is 0 Å². The fourth-order valence-corrected chi connectivity index (χ4v) is 1.67. The second kappa shape index (κ2) is 4.08. The van der Waals surface area contributed by atoms with Gasteiger partial charge < -0.3 is 0 Å². The lowest BCUT2D eigenvalue weighted by atomic mass is 10.1. The van der Waals surface area contributed by atoms with E-state index in [1.54, 1.807) is 6.07 Å². The Morgan fingerprint density at radius 2 is 2.06 bits per heavy atom. The van der Waals surface area contributed by atoms with Crippen molar-refractivity contribution in [2.45, 2.75) is 26.8 Å². The van der Waals surface area contributed by atoms with Gasteiger partial charge in [-0.2, -0.15) is 5.10 Å². The van der Waals surface area contributed by atoms with Crippen molar-refractivity contribution in [3.63, 3.8) is 0 Å². The van der Waals surface area contributed by atoms with E-state index in [9.17, 15) is 4.39 Å². The summed E-state index contributed by atoms with van der Waals surface area (Å²) >= 11 is 0. The summed E-state index contributed by atoms with van der Waals surface area (Å²) in [5.74, 6) is -0.226. The maximum atomic E-state index is 13.1. The molecule has 0 bridgehead atoms. The lowest BCUT2D eigenvalue weighted by Crippen LogP contribution is -2.00. The number of nitrogens with zero attached hydrogens (tertiary/aromatic N) is 2. The second-order valence-corrected chi connectivity index (χ2v) is 4.24. The average molecular weight is 218 g/mol. The highest BCUT2D eigenvalue weighted by atomic mass is 19.1. The number of aryl methyl sites for hydroxylation is 1. The lowest BCUT2D eigenvalue weighted by Gasteiger charge is -2.03. The summed E-state index contributed by atoms with van der Waals surface area (Å²) in [5.41, 5.74) is 2.75. The molecule has 0 fully saturated rings. The van der Waals surface area contributed by atoms with E-state index in [1.807, 2.05) is 23.9 Å². The van der Waals surface area contributed by atoms with Crippen LogP contribution in [0.3, 0.4) is 0 Å². The molecule has 84 valence electrons. The molecular formula is C13H15FN2. The highest BCUT2D eigenvalue weighted by molar-refractivity contribution is 5.62. The SMILES string of the molecule is Cc1cn(C(C)C)nc1-c1cccc(F)c1. The van der Waals surface area contributed by atoms with Gasteiger partial charge in [-0.1, -0.05) is 12.1 Å². The molecule has 0 radical (unpaired) electrons. The number of benzene rings is 1. The fourth-order valence-electron chi connectivity index (χ4n) is 1.67. The summed E-state index contributed by atoms with van der Waals surface area (Å²) in [4.78, 5) is 0. The van der Waals surface area contributed by atoms with E-state index in [0.717, 1.165) is 16.8 Å². The third kappa shape index (κ3) is 1.98. The van der Waals surface area contributed by atoms with Crippen molar-refractivity contribution in [2.24, 2.45) is 0 Å². The molecule has 0 spiro atoms. The monoisotopic (exact) mass is 218 g/mol. The first-order valence-electron chi connectivity index (χ1n) is 5.39.